The molecular weight excluding hydrogens is 366 g/mol. The van der Waals surface area contributed by atoms with Gasteiger partial charge in [-0.05, 0) is 48.0 Å². The molecule has 0 heterocycles. The Morgan fingerprint density at radius 3 is 1.93 bits per heavy atom. The minimum atomic E-state index is -3.57. The molecule has 3 aromatic carbocycles. The highest BCUT2D eigenvalue weighted by molar-refractivity contribution is 7.94. The quantitative estimate of drug-likeness (QED) is 0.451. The maximum Gasteiger partial charge on any atom is 0.269 e. The van der Waals surface area contributed by atoms with E-state index in [9.17, 15) is 18.5 Å². The lowest BCUT2D eigenvalue weighted by atomic mass is 10.2. The number of sulfone groups is 1. The van der Waals surface area contributed by atoms with E-state index in [0.29, 0.717) is 11.5 Å². The molecule has 0 aliphatic rings. The van der Waals surface area contributed by atoms with E-state index in [1.165, 1.54) is 54.6 Å². The predicted octanol–water partition coefficient (Wildman–Crippen LogP) is 4.83. The third-order valence-electron chi connectivity index (χ3n) is 3.67. The maximum atomic E-state index is 12.4. The molecule has 0 saturated heterocycles. The van der Waals surface area contributed by atoms with Crippen molar-refractivity contribution in [2.24, 2.45) is 0 Å². The summed E-state index contributed by atoms with van der Waals surface area (Å²) in [5.74, 6) is 0.843. The molecule has 0 aliphatic carbocycles. The van der Waals surface area contributed by atoms with Crippen LogP contribution in [0.2, 0.25) is 0 Å². The summed E-state index contributed by atoms with van der Waals surface area (Å²) in [6, 6.07) is 20.7. The van der Waals surface area contributed by atoms with Crippen LogP contribution in [-0.4, -0.2) is 13.3 Å². The van der Waals surface area contributed by atoms with Crippen LogP contribution < -0.4 is 4.74 Å². The number of ether oxygens (including phenoxy) is 1. The van der Waals surface area contributed by atoms with Gasteiger partial charge in [-0.1, -0.05) is 30.3 Å². The van der Waals surface area contributed by atoms with Crippen molar-refractivity contribution in [2.75, 3.05) is 0 Å². The second kappa shape index (κ2) is 7.84. The minimum Gasteiger partial charge on any atom is -0.457 e. The number of non-ortho nitro benzene ring substituents is 1. The molecular formula is C20H15NO5S. The van der Waals surface area contributed by atoms with Crippen molar-refractivity contribution in [3.63, 3.8) is 0 Å². The van der Waals surface area contributed by atoms with Crippen molar-refractivity contribution >= 4 is 21.6 Å². The van der Waals surface area contributed by atoms with Crippen LogP contribution in [0, 0.1) is 10.1 Å². The zero-order valence-electron chi connectivity index (χ0n) is 14.1. The van der Waals surface area contributed by atoms with E-state index in [-0.39, 0.29) is 10.6 Å². The first-order valence-electron chi connectivity index (χ1n) is 7.95. The van der Waals surface area contributed by atoms with Crippen molar-refractivity contribution in [3.05, 3.63) is 99.9 Å². The Labute approximate surface area is 156 Å². The van der Waals surface area contributed by atoms with Crippen molar-refractivity contribution < 1.29 is 18.1 Å². The van der Waals surface area contributed by atoms with Gasteiger partial charge in [-0.25, -0.2) is 8.42 Å². The summed E-state index contributed by atoms with van der Waals surface area (Å²) in [5.41, 5.74) is 0.758. The summed E-state index contributed by atoms with van der Waals surface area (Å²) >= 11 is 0. The van der Waals surface area contributed by atoms with Crippen molar-refractivity contribution in [1.29, 1.82) is 0 Å². The summed E-state index contributed by atoms with van der Waals surface area (Å²) in [6.45, 7) is 0. The highest BCUT2D eigenvalue weighted by atomic mass is 32.2. The van der Waals surface area contributed by atoms with Gasteiger partial charge in [0.25, 0.3) is 5.69 Å². The highest BCUT2D eigenvalue weighted by Crippen LogP contribution is 2.25. The molecule has 0 bridgehead atoms. The topological polar surface area (TPSA) is 86.5 Å². The fourth-order valence-electron chi connectivity index (χ4n) is 2.28. The van der Waals surface area contributed by atoms with Gasteiger partial charge in [0.1, 0.15) is 11.5 Å². The van der Waals surface area contributed by atoms with Crippen LogP contribution in [0.4, 0.5) is 5.69 Å². The molecule has 6 nitrogen and oxygen atoms in total. The van der Waals surface area contributed by atoms with Gasteiger partial charge in [0.05, 0.1) is 9.82 Å². The van der Waals surface area contributed by atoms with Crippen molar-refractivity contribution in [2.45, 2.75) is 4.90 Å². The van der Waals surface area contributed by atoms with Crippen LogP contribution in [0.15, 0.2) is 89.2 Å². The van der Waals surface area contributed by atoms with Gasteiger partial charge < -0.3 is 4.74 Å². The molecule has 3 rings (SSSR count). The molecule has 0 atom stereocenters. The van der Waals surface area contributed by atoms with Crippen molar-refractivity contribution in [3.8, 4) is 11.5 Å². The Hall–Kier alpha value is -3.45. The van der Waals surface area contributed by atoms with Gasteiger partial charge in [0.15, 0.2) is 9.84 Å². The normalized spacial score (nSPS) is 11.4. The first kappa shape index (κ1) is 18.3. The lowest BCUT2D eigenvalue weighted by molar-refractivity contribution is -0.384. The Balaban J connectivity index is 1.72. The fraction of sp³-hybridized carbons (Fsp3) is 0. The van der Waals surface area contributed by atoms with Gasteiger partial charge in [0, 0.05) is 17.5 Å². The molecule has 0 saturated carbocycles. The fourth-order valence-corrected chi connectivity index (χ4v) is 3.29. The first-order valence-corrected chi connectivity index (χ1v) is 9.49. The molecule has 0 aliphatic heterocycles. The number of hydrogen-bond donors (Lipinski definition) is 0. The van der Waals surface area contributed by atoms with Crippen LogP contribution in [0.5, 0.6) is 11.5 Å². The van der Waals surface area contributed by atoms with E-state index in [1.54, 1.807) is 0 Å². The molecule has 7 heteroatoms. The number of nitro benzene ring substituents is 1. The van der Waals surface area contributed by atoms with Gasteiger partial charge in [-0.3, -0.25) is 10.1 Å². The predicted molar refractivity (Wildman–Crippen MR) is 102 cm³/mol. The molecule has 0 aromatic heterocycles. The molecule has 0 amide bonds. The van der Waals surface area contributed by atoms with Crippen LogP contribution in [0.25, 0.3) is 6.08 Å². The molecule has 0 unspecified atom stereocenters. The molecule has 27 heavy (non-hydrogen) atoms. The van der Waals surface area contributed by atoms with Crippen molar-refractivity contribution in [1.82, 2.24) is 0 Å². The Bertz CT molecular complexity index is 1060. The van der Waals surface area contributed by atoms with E-state index >= 15 is 0 Å². The van der Waals surface area contributed by atoms with Gasteiger partial charge in [-0.15, -0.1) is 0 Å². The summed E-state index contributed by atoms with van der Waals surface area (Å²) in [6.07, 6.45) is 1.54. The average Bonchev–Trinajstić information content (AvgIpc) is 2.68. The minimum absolute atomic E-state index is 0.0333. The molecule has 0 fully saturated rings. The number of rotatable bonds is 6. The summed E-state index contributed by atoms with van der Waals surface area (Å²) < 4.78 is 30.3. The van der Waals surface area contributed by atoms with E-state index in [4.69, 9.17) is 4.74 Å². The Morgan fingerprint density at radius 1 is 0.815 bits per heavy atom. The van der Waals surface area contributed by atoms with Crippen LogP contribution in [0.3, 0.4) is 0 Å². The lowest BCUT2D eigenvalue weighted by Crippen LogP contribution is -1.96. The summed E-state index contributed by atoms with van der Waals surface area (Å²) in [5, 5.41) is 11.8. The first-order chi connectivity index (χ1) is 12.9. The van der Waals surface area contributed by atoms with Gasteiger partial charge in [0.2, 0.25) is 0 Å². The monoisotopic (exact) mass is 381 g/mol. The number of nitro groups is 1. The Kier molecular flexibility index (Phi) is 5.33. The number of hydrogen-bond acceptors (Lipinski definition) is 5. The average molecular weight is 381 g/mol. The number of benzene rings is 3. The Morgan fingerprint density at radius 2 is 1.37 bits per heavy atom. The highest BCUT2D eigenvalue weighted by Gasteiger charge is 2.11. The molecule has 0 N–H and O–H groups in total. The molecule has 0 radical (unpaired) electrons. The van der Waals surface area contributed by atoms with E-state index < -0.39 is 14.8 Å². The second-order valence-electron chi connectivity index (χ2n) is 5.58. The zero-order valence-corrected chi connectivity index (χ0v) is 14.9. The lowest BCUT2D eigenvalue weighted by Gasteiger charge is -2.06. The van der Waals surface area contributed by atoms with E-state index in [1.807, 2.05) is 30.3 Å². The van der Waals surface area contributed by atoms with Crippen LogP contribution >= 0.6 is 0 Å². The largest absolute Gasteiger partial charge is 0.457 e. The van der Waals surface area contributed by atoms with Crippen LogP contribution in [-0.2, 0) is 9.84 Å². The smallest absolute Gasteiger partial charge is 0.269 e. The number of nitrogens with zero attached hydrogens (tertiary/aromatic N) is 1. The van der Waals surface area contributed by atoms with Crippen LogP contribution in [0.1, 0.15) is 5.56 Å². The van der Waals surface area contributed by atoms with Gasteiger partial charge >= 0.3 is 0 Å². The SMILES string of the molecule is O=[N+]([O-])c1ccc(Oc2ccc(S(=O)(=O)/C=C/c3ccccc3)cc2)cc1. The summed E-state index contributed by atoms with van der Waals surface area (Å²) in [4.78, 5) is 10.3. The zero-order chi connectivity index (χ0) is 19.3. The third kappa shape index (κ3) is 4.80. The summed E-state index contributed by atoms with van der Waals surface area (Å²) in [7, 11) is -3.57. The maximum absolute atomic E-state index is 12.4. The molecule has 3 aromatic rings. The van der Waals surface area contributed by atoms with E-state index in [0.717, 1.165) is 11.0 Å². The second-order valence-corrected chi connectivity index (χ2v) is 7.42. The standard InChI is InChI=1S/C20H15NO5S/c22-21(23)17-6-8-18(9-7-17)26-19-10-12-20(13-11-19)27(24,25)15-14-16-4-2-1-3-5-16/h1-15H/b15-14+. The molecule has 0 spiro atoms. The third-order valence-corrected chi connectivity index (χ3v) is 5.10. The van der Waals surface area contributed by atoms with Gasteiger partial charge in [-0.2, -0.15) is 0 Å². The van der Waals surface area contributed by atoms with E-state index in [2.05, 4.69) is 0 Å². The molecule has 136 valence electrons.